The summed E-state index contributed by atoms with van der Waals surface area (Å²) in [6.07, 6.45) is 21.1. The molecule has 0 aliphatic heterocycles. The van der Waals surface area contributed by atoms with Crippen molar-refractivity contribution >= 4 is 68.4 Å². The monoisotopic (exact) mass is 918 g/mol. The topological polar surface area (TPSA) is 64.7 Å². The van der Waals surface area contributed by atoms with Crippen molar-refractivity contribution in [2.24, 2.45) is 11.7 Å². The van der Waals surface area contributed by atoms with Crippen molar-refractivity contribution in [1.82, 2.24) is 15.0 Å². The van der Waals surface area contributed by atoms with Gasteiger partial charge in [-0.3, -0.25) is 0 Å². The van der Waals surface area contributed by atoms with Gasteiger partial charge in [0.2, 0.25) is 0 Å². The van der Waals surface area contributed by atoms with Crippen LogP contribution in [-0.2, 0) is 0 Å². The normalized spacial score (nSPS) is 15.8. The van der Waals surface area contributed by atoms with E-state index in [4.69, 9.17) is 20.7 Å². The summed E-state index contributed by atoms with van der Waals surface area (Å²) < 4.78 is 4.72. The van der Waals surface area contributed by atoms with E-state index in [0.29, 0.717) is 23.4 Å². The Bertz CT molecular complexity index is 2700. The van der Waals surface area contributed by atoms with Crippen molar-refractivity contribution in [2.75, 3.05) is 0 Å². The Balaban J connectivity index is 1.21. The van der Waals surface area contributed by atoms with Gasteiger partial charge in [-0.25, -0.2) is 15.0 Å². The molecule has 0 amide bonds. The molecule has 0 saturated heterocycles. The maximum atomic E-state index is 6.07. The predicted octanol–water partition coefficient (Wildman–Crippen LogP) is 12.1. The van der Waals surface area contributed by atoms with Crippen molar-refractivity contribution < 1.29 is 0 Å². The van der Waals surface area contributed by atoms with Crippen molar-refractivity contribution in [3.8, 4) is 45.3 Å². The van der Waals surface area contributed by atoms with Crippen LogP contribution in [0.4, 0.5) is 0 Å². The third-order valence-electron chi connectivity index (χ3n) is 10.4. The summed E-state index contributed by atoms with van der Waals surface area (Å²) >= 11 is 2.60. The minimum atomic E-state index is 0.400. The van der Waals surface area contributed by atoms with Gasteiger partial charge in [0.05, 0.1) is 0 Å². The molecule has 2 N–H and O–H groups in total. The number of rotatable bonds is 8. The van der Waals surface area contributed by atoms with Gasteiger partial charge in [-0.1, -0.05) is 97.1 Å². The third-order valence-corrected chi connectivity index (χ3v) is 12.3. The van der Waals surface area contributed by atoms with Gasteiger partial charge in [0.1, 0.15) is 0 Å². The second-order valence-corrected chi connectivity index (χ2v) is 16.5. The Morgan fingerprint density at radius 1 is 0.636 bits per heavy atom. The van der Waals surface area contributed by atoms with E-state index in [0.717, 1.165) is 89.5 Å². The zero-order valence-corrected chi connectivity index (χ0v) is 35.6. The second kappa shape index (κ2) is 15.7. The van der Waals surface area contributed by atoms with Crippen molar-refractivity contribution in [3.05, 3.63) is 184 Å². The fourth-order valence-electron chi connectivity index (χ4n) is 7.51. The zero-order valence-electron chi connectivity index (χ0n) is 30.3. The predicted molar refractivity (Wildman–Crippen MR) is 233 cm³/mol. The standard InChI is InChI=1S/C49H37N4S.Tl/c1-2-32(31-50)38-22-24-45-43(29-38)44-30-39(23-25-46(44)54-45)41-26-40(35-20-18-34(19-21-35)33-12-6-3-7-13-33)27-42(28-41)49-52-47(36-14-8-4-9-15-36)51-48(53-49)37-16-10-5-11-17-37;/h1-2,4-6,8-18,20-31,34H,3,7,19,50H2;/b2-1?,32-31+;. The number of nitrogens with zero attached hydrogens (tertiary/aromatic N) is 3. The summed E-state index contributed by atoms with van der Waals surface area (Å²) in [5.74, 6) is 2.35. The van der Waals surface area contributed by atoms with Crippen LogP contribution in [0.5, 0.6) is 0 Å². The molecule has 4 nitrogen and oxygen atoms in total. The van der Waals surface area contributed by atoms with Gasteiger partial charge in [-0.05, 0) is 36.5 Å². The fraction of sp³-hybridized carbons (Fsp3) is 0.0816. The van der Waals surface area contributed by atoms with Crippen LogP contribution in [0.25, 0.3) is 76.6 Å². The van der Waals surface area contributed by atoms with Crippen LogP contribution in [-0.4, -0.2) is 40.7 Å². The molecule has 0 fully saturated rings. The molecule has 0 bridgehead atoms. The molecular weight excluding hydrogens is 881 g/mol. The number of nitrogens with two attached hydrogens (primary N) is 1. The molecule has 1 unspecified atom stereocenters. The van der Waals surface area contributed by atoms with E-state index in [1.807, 2.05) is 47.7 Å². The summed E-state index contributed by atoms with van der Waals surface area (Å²) in [5, 5.41) is 2.48. The van der Waals surface area contributed by atoms with Gasteiger partial charge in [0, 0.05) is 17.0 Å². The zero-order chi connectivity index (χ0) is 37.1. The Hall–Kier alpha value is -5.51. The molecule has 6 heteroatoms. The third kappa shape index (κ3) is 7.34. The van der Waals surface area contributed by atoms with E-state index < -0.39 is 0 Å². The maximum absolute atomic E-state index is 6.07. The SMILES string of the molecule is N/C=C(\C=[CH]/[Tl])c1ccc2sc3ccc(-c4cc(C5=CCC(C6=CCCC=C6)C=C5)cc(-c5nc(-c6ccccc6)nc(-c6ccccc6)n5)c4)cc3c2c1. The molecule has 2 aliphatic rings. The van der Waals surface area contributed by atoms with Crippen LogP contribution in [0.3, 0.4) is 0 Å². The molecule has 2 aliphatic carbocycles. The van der Waals surface area contributed by atoms with Crippen molar-refractivity contribution in [2.45, 2.75) is 19.3 Å². The van der Waals surface area contributed by atoms with Gasteiger partial charge in [-0.15, -0.1) is 0 Å². The van der Waals surface area contributed by atoms with Crippen LogP contribution >= 0.6 is 11.3 Å². The number of hydrogen-bond donors (Lipinski definition) is 1. The molecule has 0 saturated carbocycles. The molecule has 55 heavy (non-hydrogen) atoms. The molecule has 0 spiro atoms. The summed E-state index contributed by atoms with van der Waals surface area (Å²) in [6.45, 7) is 0. The number of thiophene rings is 1. The molecular formula is C49H37N4STl. The van der Waals surface area contributed by atoms with Crippen molar-refractivity contribution in [1.29, 1.82) is 0 Å². The van der Waals surface area contributed by atoms with Gasteiger partial charge < -0.3 is 0 Å². The second-order valence-electron chi connectivity index (χ2n) is 13.9. The van der Waals surface area contributed by atoms with E-state index in [-0.39, 0.29) is 0 Å². The Labute approximate surface area is 341 Å². The van der Waals surface area contributed by atoms with E-state index in [1.165, 1.54) is 31.3 Å². The Morgan fingerprint density at radius 2 is 1.29 bits per heavy atom. The average molecular weight is 918 g/mol. The molecule has 2 aromatic heterocycles. The first-order valence-electron chi connectivity index (χ1n) is 18.7. The van der Waals surface area contributed by atoms with E-state index >= 15 is 0 Å². The molecule has 5 aromatic carbocycles. The van der Waals surface area contributed by atoms with E-state index in [9.17, 15) is 0 Å². The Morgan fingerprint density at radius 3 is 1.93 bits per heavy atom. The number of aromatic nitrogens is 3. The summed E-state index contributed by atoms with van der Waals surface area (Å²) in [4.78, 5) is 15.2. The quantitative estimate of drug-likeness (QED) is 0.122. The van der Waals surface area contributed by atoms with Crippen LogP contribution in [0.2, 0.25) is 0 Å². The van der Waals surface area contributed by atoms with Gasteiger partial charge in [-0.2, -0.15) is 0 Å². The summed E-state index contributed by atoms with van der Waals surface area (Å²) in [6, 6.07) is 40.7. The first-order chi connectivity index (χ1) is 27.1. The van der Waals surface area contributed by atoms with Gasteiger partial charge >= 0.3 is 161 Å². The number of hydrogen-bond acceptors (Lipinski definition) is 5. The van der Waals surface area contributed by atoms with Gasteiger partial charge in [0.25, 0.3) is 0 Å². The summed E-state index contributed by atoms with van der Waals surface area (Å²) in [7, 11) is 0. The van der Waals surface area contributed by atoms with E-state index in [2.05, 4.69) is 125 Å². The summed E-state index contributed by atoms with van der Waals surface area (Å²) in [5.41, 5.74) is 17.1. The van der Waals surface area contributed by atoms with E-state index in [1.54, 1.807) is 6.20 Å². The van der Waals surface area contributed by atoms with Crippen molar-refractivity contribution in [3.63, 3.8) is 0 Å². The minimum absolute atomic E-state index is 0.400. The molecule has 2 heterocycles. The van der Waals surface area contributed by atoms with Crippen LogP contribution in [0.1, 0.15) is 30.4 Å². The molecule has 0 radical (unpaired) electrons. The fourth-order valence-corrected chi connectivity index (χ4v) is 9.38. The van der Waals surface area contributed by atoms with Gasteiger partial charge in [0.15, 0.2) is 17.5 Å². The first kappa shape index (κ1) is 35.2. The Kier molecular flexibility index (Phi) is 10.0. The molecule has 262 valence electrons. The molecule has 7 aromatic rings. The van der Waals surface area contributed by atoms with Crippen LogP contribution in [0, 0.1) is 5.92 Å². The van der Waals surface area contributed by atoms with Crippen LogP contribution < -0.4 is 5.73 Å². The van der Waals surface area contributed by atoms with Crippen LogP contribution in [0.15, 0.2) is 173 Å². The molecule has 9 rings (SSSR count). The number of fused-ring (bicyclic) bond motifs is 3. The molecule has 1 atom stereocenters. The first-order valence-corrected chi connectivity index (χ1v) is 22.1. The number of benzene rings is 5. The number of allylic oxidation sites excluding steroid dienone is 10. The average Bonchev–Trinajstić information content (AvgIpc) is 3.63.